The van der Waals surface area contributed by atoms with Gasteiger partial charge in [0.05, 0.1) is 11.4 Å². The molecule has 0 bridgehead atoms. The predicted octanol–water partition coefficient (Wildman–Crippen LogP) is 9.94. The molecule has 0 spiro atoms. The molecule has 8 aromatic rings. The second kappa shape index (κ2) is 19.5. The largest absolute Gasteiger partial charge is 0.488 e. The third-order valence-corrected chi connectivity index (χ3v) is 10.3. The molecule has 9 rings (SSSR count). The zero-order chi connectivity index (χ0) is 41.8. The van der Waals surface area contributed by atoms with Crippen LogP contribution in [0.5, 0.6) is 0 Å². The van der Waals surface area contributed by atoms with Crippen LogP contribution in [-0.4, -0.2) is 34.1 Å². The summed E-state index contributed by atoms with van der Waals surface area (Å²) in [6.07, 6.45) is 3.66. The minimum atomic E-state index is -1.35. The summed E-state index contributed by atoms with van der Waals surface area (Å²) in [4.78, 5) is 14.0. The Morgan fingerprint density at radius 3 is 1.47 bits per heavy atom. The van der Waals surface area contributed by atoms with Gasteiger partial charge in [-0.3, -0.25) is 0 Å². The summed E-state index contributed by atoms with van der Waals surface area (Å²) < 4.78 is 0. The Hall–Kier alpha value is -7.13. The standard InChI is InChI=1S/C25H22BN3.C17H15N3.C8H11BO2/c1-19-11-9-12-20(2)24(19)26-28(21-13-5-3-6-14-21)23-17-10-18-27-25(23)29(26)22-15-7-4-8-16-22;1-3-8-14(9-4-1)19-16-12-7-13-18-17(16)20-15-10-5-2-6-11-15;1-6-4-3-5-7(2)8(6)9(10)11/h3-18H,1-2H3;1-13,19H,(H,18,20);3-5,10-11H,1-2H3. The molecule has 0 radical (unpaired) electrons. The van der Waals surface area contributed by atoms with Crippen LogP contribution >= 0.6 is 0 Å². The number of anilines is 8. The smallest absolute Gasteiger partial charge is 0.423 e. The topological polar surface area (TPSA) is 96.8 Å². The zero-order valence-corrected chi connectivity index (χ0v) is 34.3. The number of para-hydroxylation sites is 4. The van der Waals surface area contributed by atoms with Crippen LogP contribution in [0, 0.1) is 27.7 Å². The molecule has 4 N–H and O–H groups in total. The summed E-state index contributed by atoms with van der Waals surface area (Å²) >= 11 is 0. The van der Waals surface area contributed by atoms with E-state index in [1.54, 1.807) is 6.20 Å². The van der Waals surface area contributed by atoms with Gasteiger partial charge in [0.25, 0.3) is 0 Å². The molecular weight excluding hydrogens is 738 g/mol. The summed E-state index contributed by atoms with van der Waals surface area (Å²) in [6.45, 7) is 8.12. The molecule has 1 aliphatic rings. The van der Waals surface area contributed by atoms with Gasteiger partial charge in [-0.1, -0.05) is 131 Å². The van der Waals surface area contributed by atoms with Crippen LogP contribution in [0.2, 0.25) is 0 Å². The number of pyridine rings is 2. The summed E-state index contributed by atoms with van der Waals surface area (Å²) in [5, 5.41) is 24.6. The van der Waals surface area contributed by atoms with Gasteiger partial charge < -0.3 is 30.3 Å². The number of fused-ring (bicyclic) bond motifs is 1. The summed E-state index contributed by atoms with van der Waals surface area (Å²) in [5.41, 5.74) is 12.8. The second-order valence-electron chi connectivity index (χ2n) is 14.5. The third kappa shape index (κ3) is 9.59. The van der Waals surface area contributed by atoms with Gasteiger partial charge in [0.15, 0.2) is 5.82 Å². The molecule has 0 aliphatic carbocycles. The first kappa shape index (κ1) is 41.0. The van der Waals surface area contributed by atoms with Gasteiger partial charge in [0.1, 0.15) is 5.82 Å². The van der Waals surface area contributed by atoms with E-state index in [-0.39, 0.29) is 6.98 Å². The second-order valence-corrected chi connectivity index (χ2v) is 14.5. The van der Waals surface area contributed by atoms with Crippen molar-refractivity contribution in [2.75, 3.05) is 20.3 Å². The maximum absolute atomic E-state index is 8.94. The van der Waals surface area contributed by atoms with Gasteiger partial charge >= 0.3 is 14.1 Å². The first-order valence-electron chi connectivity index (χ1n) is 20.0. The van der Waals surface area contributed by atoms with E-state index in [9.17, 15) is 0 Å². The first-order chi connectivity index (χ1) is 29.3. The van der Waals surface area contributed by atoms with Crippen LogP contribution in [0.4, 0.5) is 45.8 Å². The Morgan fingerprint density at radius 1 is 0.467 bits per heavy atom. The lowest BCUT2D eigenvalue weighted by molar-refractivity contribution is 0.425. The fourth-order valence-corrected chi connectivity index (χ4v) is 7.51. The molecule has 8 nitrogen and oxygen atoms in total. The average Bonchev–Trinajstić information content (AvgIpc) is 3.61. The molecule has 6 aromatic carbocycles. The normalized spacial score (nSPS) is 11.4. The van der Waals surface area contributed by atoms with Crippen molar-refractivity contribution in [3.63, 3.8) is 0 Å². The van der Waals surface area contributed by atoms with Gasteiger partial charge in [0.2, 0.25) is 0 Å². The molecular formula is C50H48B2N6O2. The van der Waals surface area contributed by atoms with Crippen molar-refractivity contribution in [2.24, 2.45) is 0 Å². The molecule has 0 fully saturated rings. The van der Waals surface area contributed by atoms with Crippen LogP contribution in [0.1, 0.15) is 22.3 Å². The lowest BCUT2D eigenvalue weighted by Gasteiger charge is -2.31. The molecule has 0 saturated heterocycles. The average molecular weight is 787 g/mol. The van der Waals surface area contributed by atoms with Crippen LogP contribution in [0.25, 0.3) is 0 Å². The Morgan fingerprint density at radius 2 is 0.933 bits per heavy atom. The van der Waals surface area contributed by atoms with Crippen LogP contribution in [-0.2, 0) is 0 Å². The van der Waals surface area contributed by atoms with Crippen LogP contribution in [0.15, 0.2) is 194 Å². The van der Waals surface area contributed by atoms with E-state index in [0.29, 0.717) is 5.46 Å². The molecule has 0 unspecified atom stereocenters. The van der Waals surface area contributed by atoms with Gasteiger partial charge in [-0.05, 0) is 111 Å². The van der Waals surface area contributed by atoms with Crippen molar-refractivity contribution < 1.29 is 10.0 Å². The van der Waals surface area contributed by atoms with Gasteiger partial charge in [-0.25, -0.2) is 9.97 Å². The van der Waals surface area contributed by atoms with Crippen molar-refractivity contribution in [3.05, 3.63) is 217 Å². The van der Waals surface area contributed by atoms with Crippen molar-refractivity contribution in [1.82, 2.24) is 9.97 Å². The number of hydrogen-bond donors (Lipinski definition) is 4. The minimum absolute atomic E-state index is 0.00843. The summed E-state index contributed by atoms with van der Waals surface area (Å²) in [6, 6.07) is 61.5. The van der Waals surface area contributed by atoms with Crippen molar-refractivity contribution in [1.29, 1.82) is 0 Å². The summed E-state index contributed by atoms with van der Waals surface area (Å²) in [5.74, 6) is 1.79. The molecule has 1 aliphatic heterocycles. The van der Waals surface area contributed by atoms with Gasteiger partial charge in [0, 0.05) is 35.1 Å². The van der Waals surface area contributed by atoms with Crippen LogP contribution in [0.3, 0.4) is 0 Å². The molecule has 2 aromatic heterocycles. The number of nitrogens with zero attached hydrogens (tertiary/aromatic N) is 4. The van der Waals surface area contributed by atoms with E-state index in [0.717, 1.165) is 56.9 Å². The molecule has 296 valence electrons. The number of aryl methyl sites for hydroxylation is 4. The fourth-order valence-electron chi connectivity index (χ4n) is 7.51. The highest BCUT2D eigenvalue weighted by molar-refractivity contribution is 6.85. The molecule has 0 atom stereocenters. The number of rotatable bonds is 8. The zero-order valence-electron chi connectivity index (χ0n) is 34.3. The number of hydrogen-bond acceptors (Lipinski definition) is 8. The maximum Gasteiger partial charge on any atom is 0.488 e. The first-order valence-corrected chi connectivity index (χ1v) is 20.0. The van der Waals surface area contributed by atoms with E-state index in [1.165, 1.54) is 16.6 Å². The summed E-state index contributed by atoms with van der Waals surface area (Å²) in [7, 11) is -1.35. The fraction of sp³-hybridized carbons (Fsp3) is 0.0800. The van der Waals surface area contributed by atoms with Gasteiger partial charge in [-0.15, -0.1) is 0 Å². The van der Waals surface area contributed by atoms with Crippen molar-refractivity contribution in [3.8, 4) is 0 Å². The van der Waals surface area contributed by atoms with Crippen molar-refractivity contribution >= 4 is 70.8 Å². The van der Waals surface area contributed by atoms with Gasteiger partial charge in [-0.2, -0.15) is 0 Å². The molecule has 0 amide bonds. The van der Waals surface area contributed by atoms with E-state index in [1.807, 2.05) is 117 Å². The maximum atomic E-state index is 8.94. The highest BCUT2D eigenvalue weighted by atomic mass is 16.4. The number of nitrogens with one attached hydrogen (secondary N) is 2. The predicted molar refractivity (Wildman–Crippen MR) is 252 cm³/mol. The monoisotopic (exact) mass is 786 g/mol. The Kier molecular flexibility index (Phi) is 13.4. The molecule has 10 heteroatoms. The van der Waals surface area contributed by atoms with E-state index in [4.69, 9.17) is 15.0 Å². The third-order valence-electron chi connectivity index (χ3n) is 10.3. The molecule has 60 heavy (non-hydrogen) atoms. The Labute approximate surface area is 354 Å². The van der Waals surface area contributed by atoms with Crippen molar-refractivity contribution in [2.45, 2.75) is 27.7 Å². The lowest BCUT2D eigenvalue weighted by atomic mass is 9.61. The number of aromatic nitrogens is 2. The highest BCUT2D eigenvalue weighted by Gasteiger charge is 2.45. The Bertz CT molecular complexity index is 2430. The molecule has 0 saturated carbocycles. The minimum Gasteiger partial charge on any atom is -0.423 e. The quantitative estimate of drug-likeness (QED) is 0.113. The van der Waals surface area contributed by atoms with E-state index >= 15 is 0 Å². The SMILES string of the molecule is Cc1cccc(C)c1B(O)O.Cc1cccc(C)c1B1N(c2ccccc2)c2cccnc2N1c1ccccc1.c1ccc(Nc2cccnc2Nc2ccccc2)cc1. The van der Waals surface area contributed by atoms with E-state index < -0.39 is 7.12 Å². The number of benzene rings is 6. The van der Waals surface area contributed by atoms with Crippen LogP contribution < -0.4 is 31.2 Å². The molecule has 3 heterocycles. The highest BCUT2D eigenvalue weighted by Crippen LogP contribution is 2.44. The Balaban J connectivity index is 0.000000152. The lowest BCUT2D eigenvalue weighted by Crippen LogP contribution is -2.55. The van der Waals surface area contributed by atoms with E-state index in [2.05, 4.69) is 124 Å².